The van der Waals surface area contributed by atoms with Gasteiger partial charge in [0.2, 0.25) is 0 Å². The van der Waals surface area contributed by atoms with Crippen LogP contribution in [-0.4, -0.2) is 40.5 Å². The topological polar surface area (TPSA) is 64.2 Å². The van der Waals surface area contributed by atoms with Crippen LogP contribution in [0, 0.1) is 6.92 Å². The Hall–Kier alpha value is -3.65. The quantitative estimate of drug-likeness (QED) is 0.461. The lowest BCUT2D eigenvalue weighted by Crippen LogP contribution is -2.31. The lowest BCUT2D eigenvalue weighted by Gasteiger charge is -2.16. The number of imidazole rings is 1. The van der Waals surface area contributed by atoms with E-state index in [-0.39, 0.29) is 5.91 Å². The van der Waals surface area contributed by atoms with Crippen LogP contribution in [0.3, 0.4) is 0 Å². The first-order chi connectivity index (χ1) is 15.7. The van der Waals surface area contributed by atoms with Crippen LogP contribution in [0.1, 0.15) is 21.5 Å². The maximum absolute atomic E-state index is 13.0. The van der Waals surface area contributed by atoms with Gasteiger partial charge in [0, 0.05) is 37.0 Å². The molecule has 8 heteroatoms. The second-order valence-corrected chi connectivity index (χ2v) is 7.90. The van der Waals surface area contributed by atoms with E-state index in [1.165, 1.54) is 17.0 Å². The highest BCUT2D eigenvalue weighted by Crippen LogP contribution is 2.33. The molecular weight excluding hydrogens is 429 g/mol. The van der Waals surface area contributed by atoms with Crippen molar-refractivity contribution in [2.75, 3.05) is 20.1 Å². The first kappa shape index (κ1) is 22.5. The van der Waals surface area contributed by atoms with E-state index in [0.717, 1.165) is 28.9 Å². The average molecular weight is 452 g/mol. The molecule has 0 fully saturated rings. The Balaban J connectivity index is 1.88. The second kappa shape index (κ2) is 8.71. The molecule has 3 aromatic carbocycles. The third-order valence-electron chi connectivity index (χ3n) is 5.48. The van der Waals surface area contributed by atoms with Crippen LogP contribution < -0.4 is 5.73 Å². The summed E-state index contributed by atoms with van der Waals surface area (Å²) in [7, 11) is 1.68. The first-order valence-electron chi connectivity index (χ1n) is 10.4. The fourth-order valence-electron chi connectivity index (χ4n) is 3.69. The number of fused-ring (bicyclic) bond motifs is 1. The molecule has 1 aromatic heterocycles. The van der Waals surface area contributed by atoms with Crippen molar-refractivity contribution in [2.45, 2.75) is 13.1 Å². The van der Waals surface area contributed by atoms with Gasteiger partial charge in [0.25, 0.3) is 5.91 Å². The standard InChI is InChI=1S/C25H23F3N4O/c1-16-3-10-20(11-4-16)32-22-12-7-18(24(33)31(2)14-13-29)15-21(22)30-23(32)17-5-8-19(9-6-17)25(26,27)28/h3-12,15H,13-14,29H2,1-2H3. The minimum Gasteiger partial charge on any atom is -0.340 e. The number of hydrogen-bond donors (Lipinski definition) is 1. The molecule has 1 heterocycles. The van der Waals surface area contributed by atoms with Crippen molar-refractivity contribution >= 4 is 16.9 Å². The third kappa shape index (κ3) is 4.47. The Morgan fingerprint density at radius 3 is 2.30 bits per heavy atom. The Morgan fingerprint density at radius 1 is 1.03 bits per heavy atom. The van der Waals surface area contributed by atoms with E-state index in [2.05, 4.69) is 0 Å². The van der Waals surface area contributed by atoms with Crippen molar-refractivity contribution in [3.05, 3.63) is 83.4 Å². The molecule has 2 N–H and O–H groups in total. The van der Waals surface area contributed by atoms with E-state index in [1.807, 2.05) is 35.8 Å². The molecule has 33 heavy (non-hydrogen) atoms. The molecule has 0 spiro atoms. The monoisotopic (exact) mass is 452 g/mol. The maximum Gasteiger partial charge on any atom is 0.416 e. The number of carbonyl (C=O) groups is 1. The highest BCUT2D eigenvalue weighted by Gasteiger charge is 2.30. The summed E-state index contributed by atoms with van der Waals surface area (Å²) >= 11 is 0. The van der Waals surface area contributed by atoms with Crippen LogP contribution >= 0.6 is 0 Å². The van der Waals surface area contributed by atoms with Crippen molar-refractivity contribution in [3.8, 4) is 17.1 Å². The predicted molar refractivity (Wildman–Crippen MR) is 122 cm³/mol. The molecule has 4 rings (SSSR count). The summed E-state index contributed by atoms with van der Waals surface area (Å²) in [6.45, 7) is 2.75. The maximum atomic E-state index is 13.0. The van der Waals surface area contributed by atoms with Gasteiger partial charge in [0.15, 0.2) is 0 Å². The van der Waals surface area contributed by atoms with Crippen molar-refractivity contribution < 1.29 is 18.0 Å². The number of carbonyl (C=O) groups excluding carboxylic acids is 1. The zero-order valence-corrected chi connectivity index (χ0v) is 18.2. The summed E-state index contributed by atoms with van der Waals surface area (Å²) in [6.07, 6.45) is -4.42. The lowest BCUT2D eigenvalue weighted by atomic mass is 10.1. The Labute approximate surface area is 189 Å². The summed E-state index contributed by atoms with van der Waals surface area (Å²) in [6, 6.07) is 17.9. The van der Waals surface area contributed by atoms with Crippen LogP contribution in [0.2, 0.25) is 0 Å². The Kier molecular flexibility index (Phi) is 5.95. The number of nitrogens with zero attached hydrogens (tertiary/aromatic N) is 3. The molecule has 0 bridgehead atoms. The normalized spacial score (nSPS) is 11.7. The molecule has 1 amide bonds. The lowest BCUT2D eigenvalue weighted by molar-refractivity contribution is -0.137. The van der Waals surface area contributed by atoms with Gasteiger partial charge in [0.1, 0.15) is 5.82 Å². The predicted octanol–water partition coefficient (Wildman–Crippen LogP) is 5.05. The van der Waals surface area contributed by atoms with Gasteiger partial charge in [0.05, 0.1) is 16.6 Å². The van der Waals surface area contributed by atoms with Gasteiger partial charge in [-0.05, 0) is 49.4 Å². The van der Waals surface area contributed by atoms with Crippen LogP contribution in [0.5, 0.6) is 0 Å². The van der Waals surface area contributed by atoms with Crippen LogP contribution in [0.4, 0.5) is 13.2 Å². The number of benzene rings is 3. The van der Waals surface area contributed by atoms with Crippen LogP contribution in [0.15, 0.2) is 66.7 Å². The highest BCUT2D eigenvalue weighted by atomic mass is 19.4. The number of halogens is 3. The van der Waals surface area contributed by atoms with Gasteiger partial charge < -0.3 is 10.6 Å². The van der Waals surface area contributed by atoms with Gasteiger partial charge in [-0.1, -0.05) is 29.8 Å². The first-order valence-corrected chi connectivity index (χ1v) is 10.4. The van der Waals surface area contributed by atoms with E-state index >= 15 is 0 Å². The second-order valence-electron chi connectivity index (χ2n) is 7.90. The summed E-state index contributed by atoms with van der Waals surface area (Å²) in [4.78, 5) is 19.0. The van der Waals surface area contributed by atoms with Gasteiger partial charge in [-0.15, -0.1) is 0 Å². The molecule has 0 radical (unpaired) electrons. The van der Waals surface area contributed by atoms with E-state index in [4.69, 9.17) is 10.7 Å². The average Bonchev–Trinajstić information content (AvgIpc) is 3.17. The van der Waals surface area contributed by atoms with Crippen LogP contribution in [-0.2, 0) is 6.18 Å². The van der Waals surface area contributed by atoms with Gasteiger partial charge in [-0.25, -0.2) is 4.98 Å². The zero-order chi connectivity index (χ0) is 23.8. The van der Waals surface area contributed by atoms with Crippen molar-refractivity contribution in [3.63, 3.8) is 0 Å². The van der Waals surface area contributed by atoms with Crippen molar-refractivity contribution in [1.29, 1.82) is 0 Å². The number of hydrogen-bond acceptors (Lipinski definition) is 3. The molecule has 5 nitrogen and oxygen atoms in total. The van der Waals surface area contributed by atoms with Crippen molar-refractivity contribution in [1.82, 2.24) is 14.5 Å². The number of rotatable bonds is 5. The number of likely N-dealkylation sites (N-methyl/N-ethyl adjacent to an activating group) is 1. The molecule has 0 aliphatic heterocycles. The largest absolute Gasteiger partial charge is 0.416 e. The summed E-state index contributed by atoms with van der Waals surface area (Å²) in [5.41, 5.74) is 9.04. The van der Waals surface area contributed by atoms with E-state index in [1.54, 1.807) is 25.2 Å². The number of nitrogens with two attached hydrogens (primary N) is 1. The number of aromatic nitrogens is 2. The Morgan fingerprint density at radius 2 is 1.70 bits per heavy atom. The Bertz CT molecular complexity index is 1290. The molecule has 0 saturated carbocycles. The smallest absolute Gasteiger partial charge is 0.340 e. The number of aryl methyl sites for hydroxylation is 1. The molecule has 0 aliphatic rings. The van der Waals surface area contributed by atoms with Crippen molar-refractivity contribution in [2.24, 2.45) is 5.73 Å². The molecular formula is C25H23F3N4O. The molecule has 0 saturated heterocycles. The fourth-order valence-corrected chi connectivity index (χ4v) is 3.69. The van der Waals surface area contributed by atoms with E-state index in [0.29, 0.717) is 35.6 Å². The molecule has 0 aliphatic carbocycles. The molecule has 170 valence electrons. The highest BCUT2D eigenvalue weighted by molar-refractivity contribution is 5.98. The van der Waals surface area contributed by atoms with Gasteiger partial charge >= 0.3 is 6.18 Å². The van der Waals surface area contributed by atoms with Crippen LogP contribution in [0.25, 0.3) is 28.1 Å². The van der Waals surface area contributed by atoms with E-state index in [9.17, 15) is 18.0 Å². The summed E-state index contributed by atoms with van der Waals surface area (Å²) < 4.78 is 41.0. The summed E-state index contributed by atoms with van der Waals surface area (Å²) in [5, 5.41) is 0. The van der Waals surface area contributed by atoms with Gasteiger partial charge in [-0.3, -0.25) is 9.36 Å². The van der Waals surface area contributed by atoms with E-state index < -0.39 is 11.7 Å². The summed E-state index contributed by atoms with van der Waals surface area (Å²) in [5.74, 6) is 0.311. The number of alkyl halides is 3. The molecule has 0 unspecified atom stereocenters. The molecule has 0 atom stereocenters. The fraction of sp³-hybridized carbons (Fsp3) is 0.200. The molecule has 4 aromatic rings. The third-order valence-corrected chi connectivity index (χ3v) is 5.48. The minimum absolute atomic E-state index is 0.177. The minimum atomic E-state index is -4.42. The van der Waals surface area contributed by atoms with Gasteiger partial charge in [-0.2, -0.15) is 13.2 Å². The zero-order valence-electron chi connectivity index (χ0n) is 18.2. The number of amides is 1. The SMILES string of the molecule is Cc1ccc(-n2c(-c3ccc(C(F)(F)F)cc3)nc3cc(C(=O)N(C)CCN)ccc32)cc1.